The Morgan fingerprint density at radius 1 is 1.16 bits per heavy atom. The Morgan fingerprint density at radius 3 is 2.40 bits per heavy atom. The van der Waals surface area contributed by atoms with Crippen LogP contribution in [0, 0.1) is 5.41 Å². The molecule has 0 unspecified atom stereocenters. The number of pyridine rings is 1. The van der Waals surface area contributed by atoms with Crippen molar-refractivity contribution < 1.29 is 9.53 Å². The van der Waals surface area contributed by atoms with Crippen LogP contribution in [0.3, 0.4) is 0 Å². The van der Waals surface area contributed by atoms with Crippen molar-refractivity contribution in [3.8, 4) is 11.5 Å². The molecule has 2 rings (SSSR count). The highest BCUT2D eigenvalue weighted by atomic mass is 35.5. The molecule has 0 aliphatic heterocycles. The Balaban J connectivity index is 0.00000288. The van der Waals surface area contributed by atoms with Crippen molar-refractivity contribution in [1.82, 2.24) is 9.88 Å². The van der Waals surface area contributed by atoms with Crippen molar-refractivity contribution >= 4 is 30.7 Å². The van der Waals surface area contributed by atoms with E-state index in [2.05, 4.69) is 4.98 Å². The minimum absolute atomic E-state index is 0. The summed E-state index contributed by atoms with van der Waals surface area (Å²) in [5.41, 5.74) is 6.21. The second-order valence-corrected chi connectivity index (χ2v) is 6.34. The molecule has 0 spiro atoms. The maximum Gasteiger partial charge on any atom is 0.253 e. The highest BCUT2D eigenvalue weighted by Gasteiger charge is 2.22. The summed E-state index contributed by atoms with van der Waals surface area (Å²) in [6.45, 7) is 5.20. The van der Waals surface area contributed by atoms with E-state index in [9.17, 15) is 4.79 Å². The van der Waals surface area contributed by atoms with Crippen LogP contribution in [0.4, 0.5) is 0 Å². The van der Waals surface area contributed by atoms with Gasteiger partial charge in [-0.2, -0.15) is 0 Å². The number of nitrogens with zero attached hydrogens (tertiary/aromatic N) is 2. The Hall–Kier alpha value is -1.82. The topological polar surface area (TPSA) is 68.5 Å². The summed E-state index contributed by atoms with van der Waals surface area (Å²) in [5.74, 6) is 1.25. The highest BCUT2D eigenvalue weighted by Crippen LogP contribution is 2.22. The lowest BCUT2D eigenvalue weighted by atomic mass is 9.93. The number of ether oxygens (including phenoxy) is 1. The Bertz CT molecular complexity index is 666. The molecule has 0 atom stereocenters. The van der Waals surface area contributed by atoms with Gasteiger partial charge < -0.3 is 15.4 Å². The fourth-order valence-corrected chi connectivity index (χ4v) is 2.23. The van der Waals surface area contributed by atoms with Crippen LogP contribution in [0.5, 0.6) is 11.5 Å². The maximum absolute atomic E-state index is 12.6. The number of rotatable bonds is 6. The molecule has 7 heteroatoms. The predicted octanol–water partition coefficient (Wildman–Crippen LogP) is 3.77. The molecule has 5 nitrogen and oxygen atoms in total. The number of hydrogen-bond acceptors (Lipinski definition) is 4. The van der Waals surface area contributed by atoms with E-state index in [1.807, 2.05) is 26.0 Å². The van der Waals surface area contributed by atoms with Crippen molar-refractivity contribution in [2.75, 3.05) is 20.1 Å². The van der Waals surface area contributed by atoms with E-state index in [0.717, 1.165) is 0 Å². The van der Waals surface area contributed by atoms with Gasteiger partial charge in [-0.15, -0.1) is 24.8 Å². The molecule has 1 amide bonds. The molecule has 0 saturated carbocycles. The van der Waals surface area contributed by atoms with Gasteiger partial charge in [0, 0.05) is 31.5 Å². The first-order valence-electron chi connectivity index (χ1n) is 7.55. The predicted molar refractivity (Wildman–Crippen MR) is 105 cm³/mol. The molecule has 2 aromatic rings. The van der Waals surface area contributed by atoms with Crippen LogP contribution >= 0.6 is 24.8 Å². The van der Waals surface area contributed by atoms with Crippen LogP contribution in [0.1, 0.15) is 24.2 Å². The van der Waals surface area contributed by atoms with Gasteiger partial charge in [-0.25, -0.2) is 0 Å². The maximum atomic E-state index is 12.6. The Kier molecular flexibility index (Phi) is 9.49. The quantitative estimate of drug-likeness (QED) is 0.821. The van der Waals surface area contributed by atoms with Crippen LogP contribution in [-0.2, 0) is 0 Å². The van der Waals surface area contributed by atoms with Gasteiger partial charge in [0.05, 0.1) is 0 Å². The smallest absolute Gasteiger partial charge is 0.253 e. The third-order valence-corrected chi connectivity index (χ3v) is 3.53. The average molecular weight is 386 g/mol. The summed E-state index contributed by atoms with van der Waals surface area (Å²) < 4.78 is 5.74. The summed E-state index contributed by atoms with van der Waals surface area (Å²) in [6, 6.07) is 10.7. The minimum atomic E-state index is -0.116. The third kappa shape index (κ3) is 6.90. The fraction of sp³-hybridized carbons (Fsp3) is 0.333. The molecule has 2 N–H and O–H groups in total. The molecule has 1 heterocycles. The van der Waals surface area contributed by atoms with Crippen LogP contribution < -0.4 is 10.5 Å². The molecule has 1 aromatic carbocycles. The first-order valence-corrected chi connectivity index (χ1v) is 7.55. The van der Waals surface area contributed by atoms with Crippen LogP contribution in [0.15, 0.2) is 48.8 Å². The molecule has 0 bridgehead atoms. The van der Waals surface area contributed by atoms with E-state index in [0.29, 0.717) is 30.2 Å². The Labute approximate surface area is 161 Å². The standard InChI is InChI=1S/C18H23N3O2.2ClH/c1-18(2,12-19)13-21(3)17(22)14-5-4-6-16(11-14)23-15-7-9-20-10-8-15;;/h4-11H,12-13,19H2,1-3H3;2*1H. The molecule has 0 aliphatic rings. The van der Waals surface area contributed by atoms with Crippen molar-refractivity contribution in [1.29, 1.82) is 0 Å². The summed E-state index contributed by atoms with van der Waals surface area (Å²) >= 11 is 0. The lowest BCUT2D eigenvalue weighted by Crippen LogP contribution is -2.39. The molecule has 0 fully saturated rings. The summed E-state index contributed by atoms with van der Waals surface area (Å²) in [7, 11) is 1.79. The summed E-state index contributed by atoms with van der Waals surface area (Å²) in [6.07, 6.45) is 3.32. The zero-order valence-electron chi connectivity index (χ0n) is 14.6. The molecule has 1 aromatic heterocycles. The van der Waals surface area contributed by atoms with Crippen LogP contribution in [0.25, 0.3) is 0 Å². The van der Waals surface area contributed by atoms with E-state index in [-0.39, 0.29) is 36.1 Å². The van der Waals surface area contributed by atoms with Crippen molar-refractivity contribution in [2.45, 2.75) is 13.8 Å². The van der Waals surface area contributed by atoms with E-state index >= 15 is 0 Å². The number of carbonyl (C=O) groups is 1. The highest BCUT2D eigenvalue weighted by molar-refractivity contribution is 5.94. The van der Waals surface area contributed by atoms with E-state index in [1.165, 1.54) is 0 Å². The van der Waals surface area contributed by atoms with E-state index in [4.69, 9.17) is 10.5 Å². The van der Waals surface area contributed by atoms with Crippen molar-refractivity contribution in [2.24, 2.45) is 11.1 Å². The second-order valence-electron chi connectivity index (χ2n) is 6.34. The van der Waals surface area contributed by atoms with Gasteiger partial charge in [-0.1, -0.05) is 19.9 Å². The molecular formula is C18H25Cl2N3O2. The van der Waals surface area contributed by atoms with Crippen LogP contribution in [-0.4, -0.2) is 35.9 Å². The molecule has 0 saturated heterocycles. The number of carbonyl (C=O) groups excluding carboxylic acids is 1. The van der Waals surface area contributed by atoms with Crippen molar-refractivity contribution in [3.05, 3.63) is 54.4 Å². The van der Waals surface area contributed by atoms with Gasteiger partial charge in [0.15, 0.2) is 0 Å². The molecule has 25 heavy (non-hydrogen) atoms. The minimum Gasteiger partial charge on any atom is -0.457 e. The average Bonchev–Trinajstić information content (AvgIpc) is 2.55. The van der Waals surface area contributed by atoms with Gasteiger partial charge in [-0.3, -0.25) is 9.78 Å². The normalized spacial score (nSPS) is 10.2. The summed E-state index contributed by atoms with van der Waals surface area (Å²) in [5, 5.41) is 0. The first kappa shape index (κ1) is 23.2. The number of hydrogen-bond donors (Lipinski definition) is 1. The lowest BCUT2D eigenvalue weighted by Gasteiger charge is -2.29. The number of aromatic nitrogens is 1. The number of halogens is 2. The monoisotopic (exact) mass is 385 g/mol. The van der Waals surface area contributed by atoms with Gasteiger partial charge in [0.25, 0.3) is 5.91 Å². The van der Waals surface area contributed by atoms with E-state index < -0.39 is 0 Å². The zero-order valence-corrected chi connectivity index (χ0v) is 16.3. The first-order chi connectivity index (χ1) is 10.9. The second kappa shape index (κ2) is 10.2. The number of amides is 1. The Morgan fingerprint density at radius 2 is 1.80 bits per heavy atom. The van der Waals surface area contributed by atoms with Gasteiger partial charge in [0.2, 0.25) is 0 Å². The molecular weight excluding hydrogens is 361 g/mol. The molecule has 0 radical (unpaired) electrons. The SMILES string of the molecule is CN(CC(C)(C)CN)C(=O)c1cccc(Oc2ccncc2)c1.Cl.Cl. The molecule has 138 valence electrons. The number of benzene rings is 1. The van der Waals surface area contributed by atoms with Gasteiger partial charge in [-0.05, 0) is 42.3 Å². The van der Waals surface area contributed by atoms with Gasteiger partial charge in [0.1, 0.15) is 11.5 Å². The summed E-state index contributed by atoms with van der Waals surface area (Å²) in [4.78, 5) is 18.2. The largest absolute Gasteiger partial charge is 0.457 e. The zero-order chi connectivity index (χ0) is 16.9. The fourth-order valence-electron chi connectivity index (χ4n) is 2.23. The van der Waals surface area contributed by atoms with E-state index in [1.54, 1.807) is 48.6 Å². The number of nitrogens with two attached hydrogens (primary N) is 1. The van der Waals surface area contributed by atoms with Crippen LogP contribution in [0.2, 0.25) is 0 Å². The van der Waals surface area contributed by atoms with Crippen molar-refractivity contribution in [3.63, 3.8) is 0 Å². The third-order valence-electron chi connectivity index (χ3n) is 3.53. The molecule has 0 aliphatic carbocycles. The lowest BCUT2D eigenvalue weighted by molar-refractivity contribution is 0.0740. The van der Waals surface area contributed by atoms with Gasteiger partial charge >= 0.3 is 0 Å².